The van der Waals surface area contributed by atoms with Gasteiger partial charge in [-0.2, -0.15) is 4.31 Å². The molecule has 0 N–H and O–H groups in total. The summed E-state index contributed by atoms with van der Waals surface area (Å²) in [7, 11) is -4.05. The monoisotopic (exact) mass is 360 g/mol. The van der Waals surface area contributed by atoms with Crippen LogP contribution in [0.25, 0.3) is 0 Å². The Balaban J connectivity index is 2.14. The molecular formula is C16H22F2N2O3S. The molecule has 1 aromatic rings. The molecule has 5 nitrogen and oxygen atoms in total. The molecule has 1 aliphatic heterocycles. The third-order valence-electron chi connectivity index (χ3n) is 3.90. The van der Waals surface area contributed by atoms with E-state index in [0.717, 1.165) is 16.4 Å². The van der Waals surface area contributed by atoms with Gasteiger partial charge in [-0.3, -0.25) is 4.79 Å². The van der Waals surface area contributed by atoms with E-state index in [-0.39, 0.29) is 31.5 Å². The molecular weight excluding hydrogens is 338 g/mol. The van der Waals surface area contributed by atoms with Crippen molar-refractivity contribution >= 4 is 15.9 Å². The quantitative estimate of drug-likeness (QED) is 0.827. The molecule has 0 saturated carbocycles. The van der Waals surface area contributed by atoms with Crippen LogP contribution >= 0.6 is 0 Å². The molecule has 0 bridgehead atoms. The molecule has 1 saturated heterocycles. The van der Waals surface area contributed by atoms with Gasteiger partial charge in [0.1, 0.15) is 16.5 Å². The summed E-state index contributed by atoms with van der Waals surface area (Å²) in [5, 5.41) is 0. The lowest BCUT2D eigenvalue weighted by Gasteiger charge is -2.22. The van der Waals surface area contributed by atoms with Crippen LogP contribution in [-0.4, -0.2) is 49.7 Å². The van der Waals surface area contributed by atoms with E-state index in [0.29, 0.717) is 25.5 Å². The fraction of sp³-hybridized carbons (Fsp3) is 0.562. The van der Waals surface area contributed by atoms with Crippen molar-refractivity contribution in [1.82, 2.24) is 9.21 Å². The number of hydrogen-bond donors (Lipinski definition) is 0. The minimum absolute atomic E-state index is 0.00258. The molecule has 134 valence electrons. The van der Waals surface area contributed by atoms with Gasteiger partial charge in [-0.1, -0.05) is 13.8 Å². The van der Waals surface area contributed by atoms with Gasteiger partial charge in [0.15, 0.2) is 0 Å². The van der Waals surface area contributed by atoms with Gasteiger partial charge in [0, 0.05) is 38.7 Å². The minimum atomic E-state index is -4.05. The summed E-state index contributed by atoms with van der Waals surface area (Å²) in [5.74, 6) is -1.70. The molecule has 1 aliphatic rings. The maximum Gasteiger partial charge on any atom is 0.246 e. The summed E-state index contributed by atoms with van der Waals surface area (Å²) in [6, 6.07) is 2.42. The molecule has 8 heteroatoms. The van der Waals surface area contributed by atoms with E-state index in [1.165, 1.54) is 0 Å². The Morgan fingerprint density at radius 1 is 1.17 bits per heavy atom. The second-order valence-corrected chi connectivity index (χ2v) is 8.22. The second-order valence-electron chi connectivity index (χ2n) is 6.31. The van der Waals surface area contributed by atoms with Crippen LogP contribution in [0.4, 0.5) is 8.78 Å². The van der Waals surface area contributed by atoms with E-state index in [1.807, 2.05) is 13.8 Å². The Bertz CT molecular complexity index is 707. The number of amides is 1. The van der Waals surface area contributed by atoms with Crippen LogP contribution in [0.5, 0.6) is 0 Å². The number of carbonyl (C=O) groups excluding carboxylic acids is 1. The van der Waals surface area contributed by atoms with Gasteiger partial charge in [-0.05, 0) is 24.5 Å². The highest BCUT2D eigenvalue weighted by Gasteiger charge is 2.30. The molecule has 1 heterocycles. The molecule has 1 fully saturated rings. The van der Waals surface area contributed by atoms with E-state index >= 15 is 0 Å². The summed E-state index contributed by atoms with van der Waals surface area (Å²) >= 11 is 0. The van der Waals surface area contributed by atoms with E-state index < -0.39 is 26.6 Å². The molecule has 0 aromatic heterocycles. The zero-order valence-electron chi connectivity index (χ0n) is 13.8. The third kappa shape index (κ3) is 4.30. The molecule has 1 aromatic carbocycles. The highest BCUT2D eigenvalue weighted by Crippen LogP contribution is 2.21. The Hall–Kier alpha value is -1.54. The molecule has 2 rings (SSSR count). The summed E-state index contributed by atoms with van der Waals surface area (Å²) in [5.41, 5.74) is 0. The lowest BCUT2D eigenvalue weighted by Crippen LogP contribution is -2.37. The topological polar surface area (TPSA) is 57.7 Å². The standard InChI is InChI=1S/C16H22F2N2O3S/c1-12(2)10-16(21)19-6-3-7-20(9-8-19)24(22,23)15-5-4-13(17)11-14(15)18/h4-5,11-12H,3,6-10H2,1-2H3. The zero-order valence-corrected chi connectivity index (χ0v) is 14.7. The molecule has 1 amide bonds. The maximum absolute atomic E-state index is 13.8. The van der Waals surface area contributed by atoms with Crippen LogP contribution in [0, 0.1) is 17.6 Å². The Morgan fingerprint density at radius 3 is 2.50 bits per heavy atom. The number of hydrogen-bond acceptors (Lipinski definition) is 3. The average molecular weight is 360 g/mol. The van der Waals surface area contributed by atoms with Crippen molar-refractivity contribution in [2.45, 2.75) is 31.6 Å². The number of rotatable bonds is 4. The van der Waals surface area contributed by atoms with E-state index in [9.17, 15) is 22.0 Å². The lowest BCUT2D eigenvalue weighted by atomic mass is 10.1. The third-order valence-corrected chi connectivity index (χ3v) is 5.83. The van der Waals surface area contributed by atoms with Crippen molar-refractivity contribution in [2.75, 3.05) is 26.2 Å². The van der Waals surface area contributed by atoms with Gasteiger partial charge in [-0.15, -0.1) is 0 Å². The first-order valence-corrected chi connectivity index (χ1v) is 9.39. The predicted octanol–water partition coefficient (Wildman–Crippen LogP) is 2.23. The van der Waals surface area contributed by atoms with Crippen molar-refractivity contribution in [2.24, 2.45) is 5.92 Å². The SMILES string of the molecule is CC(C)CC(=O)N1CCCN(S(=O)(=O)c2ccc(F)cc2F)CC1. The van der Waals surface area contributed by atoms with E-state index in [4.69, 9.17) is 0 Å². The average Bonchev–Trinajstić information content (AvgIpc) is 2.72. The largest absolute Gasteiger partial charge is 0.341 e. The first-order chi connectivity index (χ1) is 11.2. The van der Waals surface area contributed by atoms with Gasteiger partial charge in [0.2, 0.25) is 15.9 Å². The summed E-state index contributed by atoms with van der Waals surface area (Å²) in [6.45, 7) is 4.94. The number of benzene rings is 1. The van der Waals surface area contributed by atoms with Crippen molar-refractivity contribution in [1.29, 1.82) is 0 Å². The molecule has 0 unspecified atom stereocenters. The normalized spacial score (nSPS) is 17.1. The van der Waals surface area contributed by atoms with Gasteiger partial charge in [0.05, 0.1) is 0 Å². The first-order valence-electron chi connectivity index (χ1n) is 7.95. The number of sulfonamides is 1. The molecule has 0 spiro atoms. The van der Waals surface area contributed by atoms with Crippen molar-refractivity contribution in [3.63, 3.8) is 0 Å². The Morgan fingerprint density at radius 2 is 1.88 bits per heavy atom. The highest BCUT2D eigenvalue weighted by atomic mass is 32.2. The van der Waals surface area contributed by atoms with Crippen LogP contribution in [0.1, 0.15) is 26.7 Å². The van der Waals surface area contributed by atoms with E-state index in [1.54, 1.807) is 4.90 Å². The minimum Gasteiger partial charge on any atom is -0.341 e. The first kappa shape index (κ1) is 18.8. The van der Waals surface area contributed by atoms with E-state index in [2.05, 4.69) is 0 Å². The number of halogens is 2. The van der Waals surface area contributed by atoms with Crippen LogP contribution in [0.3, 0.4) is 0 Å². The lowest BCUT2D eigenvalue weighted by molar-refractivity contribution is -0.131. The number of nitrogens with zero attached hydrogens (tertiary/aromatic N) is 2. The number of carbonyl (C=O) groups is 1. The van der Waals surface area contributed by atoms with Gasteiger partial charge in [0.25, 0.3) is 0 Å². The smallest absolute Gasteiger partial charge is 0.246 e. The summed E-state index contributed by atoms with van der Waals surface area (Å²) in [4.78, 5) is 13.2. The zero-order chi connectivity index (χ0) is 17.9. The fourth-order valence-corrected chi connectivity index (χ4v) is 4.20. The van der Waals surface area contributed by atoms with Crippen molar-refractivity contribution in [3.05, 3.63) is 29.8 Å². The second kappa shape index (κ2) is 7.57. The summed E-state index contributed by atoms with van der Waals surface area (Å²) < 4.78 is 53.2. The van der Waals surface area contributed by atoms with Crippen LogP contribution in [0.2, 0.25) is 0 Å². The highest BCUT2D eigenvalue weighted by molar-refractivity contribution is 7.89. The van der Waals surface area contributed by atoms with Crippen LogP contribution < -0.4 is 0 Å². The van der Waals surface area contributed by atoms with Gasteiger partial charge >= 0.3 is 0 Å². The van der Waals surface area contributed by atoms with Gasteiger partial charge in [-0.25, -0.2) is 17.2 Å². The Kier molecular flexibility index (Phi) is 5.92. The predicted molar refractivity (Wildman–Crippen MR) is 85.8 cm³/mol. The van der Waals surface area contributed by atoms with Crippen molar-refractivity contribution < 1.29 is 22.0 Å². The fourth-order valence-electron chi connectivity index (χ4n) is 2.69. The maximum atomic E-state index is 13.8. The van der Waals surface area contributed by atoms with Crippen molar-refractivity contribution in [3.8, 4) is 0 Å². The van der Waals surface area contributed by atoms with Crippen LogP contribution in [0.15, 0.2) is 23.1 Å². The Labute approximate surface area is 141 Å². The molecule has 0 radical (unpaired) electrons. The summed E-state index contributed by atoms with van der Waals surface area (Å²) in [6.07, 6.45) is 0.894. The molecule has 0 aliphatic carbocycles. The molecule has 0 atom stereocenters. The molecule has 24 heavy (non-hydrogen) atoms. The van der Waals surface area contributed by atoms with Crippen LogP contribution in [-0.2, 0) is 14.8 Å². The van der Waals surface area contributed by atoms with Gasteiger partial charge < -0.3 is 4.90 Å².